The topological polar surface area (TPSA) is 71.4 Å². The van der Waals surface area contributed by atoms with Gasteiger partial charge in [-0.2, -0.15) is 8.78 Å². The first-order chi connectivity index (χ1) is 12.7. The summed E-state index contributed by atoms with van der Waals surface area (Å²) in [6.45, 7) is 3.56. The van der Waals surface area contributed by atoms with Crippen molar-refractivity contribution in [2.45, 2.75) is 96.8 Å². The molecule has 0 aliphatic heterocycles. The highest BCUT2D eigenvalue weighted by Gasteiger charge is 2.40. The predicted molar refractivity (Wildman–Crippen MR) is 99.8 cm³/mol. The normalized spacial score (nSPS) is 21.4. The number of hydrogen-bond donors (Lipinski definition) is 1. The molecule has 1 aliphatic carbocycles. The Bertz CT molecular complexity index is 504. The number of Topliss-reactive ketones (excluding diaryl/α,β-unsaturated/α-hetero) is 2. The molecule has 1 fully saturated rings. The van der Waals surface area contributed by atoms with Crippen molar-refractivity contribution in [3.05, 3.63) is 0 Å². The lowest BCUT2D eigenvalue weighted by Gasteiger charge is -2.21. The van der Waals surface area contributed by atoms with E-state index in [1.807, 2.05) is 6.92 Å². The fraction of sp³-hybridized carbons (Fsp3) is 0.857. The van der Waals surface area contributed by atoms with Crippen LogP contribution in [0.2, 0.25) is 0 Å². The Hall–Kier alpha value is -1.33. The Labute approximate surface area is 161 Å². The third-order valence-electron chi connectivity index (χ3n) is 5.85. The van der Waals surface area contributed by atoms with Gasteiger partial charge in [-0.05, 0) is 37.5 Å². The molecular weight excluding hydrogens is 354 g/mol. The highest BCUT2D eigenvalue weighted by molar-refractivity contribution is 5.86. The van der Waals surface area contributed by atoms with Crippen LogP contribution in [0.4, 0.5) is 8.78 Å². The van der Waals surface area contributed by atoms with Gasteiger partial charge >= 0.3 is 11.9 Å². The first-order valence-electron chi connectivity index (χ1n) is 10.3. The van der Waals surface area contributed by atoms with Gasteiger partial charge in [0.05, 0.1) is 0 Å². The number of halogens is 2. The molecule has 6 heteroatoms. The van der Waals surface area contributed by atoms with E-state index in [1.165, 1.54) is 0 Å². The number of hydrogen-bond acceptors (Lipinski definition) is 3. The van der Waals surface area contributed by atoms with E-state index in [2.05, 4.69) is 0 Å². The van der Waals surface area contributed by atoms with Gasteiger partial charge in [-0.1, -0.05) is 39.5 Å². The third kappa shape index (κ3) is 8.48. The van der Waals surface area contributed by atoms with Gasteiger partial charge in [-0.15, -0.1) is 0 Å². The quantitative estimate of drug-likeness (QED) is 0.403. The maximum atomic E-state index is 14.0. The number of carbonyl (C=O) groups is 3. The zero-order valence-electron chi connectivity index (χ0n) is 16.6. The summed E-state index contributed by atoms with van der Waals surface area (Å²) < 4.78 is 28.0. The van der Waals surface area contributed by atoms with Crippen molar-refractivity contribution >= 4 is 17.5 Å². The fourth-order valence-electron chi connectivity index (χ4n) is 3.91. The Morgan fingerprint density at radius 3 is 2.44 bits per heavy atom. The smallest absolute Gasteiger partial charge is 0.305 e. The minimum Gasteiger partial charge on any atom is -0.481 e. The minimum absolute atomic E-state index is 0.0277. The highest BCUT2D eigenvalue weighted by atomic mass is 19.3. The maximum absolute atomic E-state index is 14.0. The zero-order valence-corrected chi connectivity index (χ0v) is 16.6. The molecule has 27 heavy (non-hydrogen) atoms. The monoisotopic (exact) mass is 388 g/mol. The molecule has 0 unspecified atom stereocenters. The van der Waals surface area contributed by atoms with E-state index in [9.17, 15) is 23.2 Å². The van der Waals surface area contributed by atoms with Crippen LogP contribution in [0.1, 0.15) is 90.9 Å². The second kappa shape index (κ2) is 11.5. The van der Waals surface area contributed by atoms with Crippen molar-refractivity contribution in [2.24, 2.45) is 17.8 Å². The van der Waals surface area contributed by atoms with Crippen LogP contribution in [-0.2, 0) is 14.4 Å². The average Bonchev–Trinajstić information content (AvgIpc) is 2.95. The van der Waals surface area contributed by atoms with Gasteiger partial charge in [0.2, 0.25) is 5.78 Å². The summed E-state index contributed by atoms with van der Waals surface area (Å²) in [6, 6.07) is 0. The lowest BCUT2D eigenvalue weighted by atomic mass is 9.85. The van der Waals surface area contributed by atoms with Crippen LogP contribution in [0.15, 0.2) is 0 Å². The molecule has 0 saturated heterocycles. The van der Waals surface area contributed by atoms with Crippen LogP contribution >= 0.6 is 0 Å². The molecule has 0 heterocycles. The van der Waals surface area contributed by atoms with Crippen molar-refractivity contribution in [1.82, 2.24) is 0 Å². The van der Waals surface area contributed by atoms with Gasteiger partial charge in [-0.25, -0.2) is 0 Å². The molecule has 4 nitrogen and oxygen atoms in total. The number of carboxylic acids is 1. The van der Waals surface area contributed by atoms with E-state index in [0.29, 0.717) is 38.5 Å². The molecule has 0 amide bonds. The summed E-state index contributed by atoms with van der Waals surface area (Å²) in [7, 11) is 0. The van der Waals surface area contributed by atoms with Gasteiger partial charge in [-0.3, -0.25) is 14.4 Å². The molecule has 1 aliphatic rings. The number of unbranched alkanes of at least 4 members (excludes halogenated alkanes) is 3. The predicted octanol–water partition coefficient (Wildman–Crippen LogP) is 5.43. The number of aliphatic carboxylic acids is 1. The van der Waals surface area contributed by atoms with Crippen molar-refractivity contribution in [3.63, 3.8) is 0 Å². The summed E-state index contributed by atoms with van der Waals surface area (Å²) in [5.74, 6) is -5.15. The fourth-order valence-corrected chi connectivity index (χ4v) is 3.91. The number of ketones is 2. The summed E-state index contributed by atoms with van der Waals surface area (Å²) in [5, 5.41) is 8.61. The van der Waals surface area contributed by atoms with Crippen LogP contribution in [0, 0.1) is 17.8 Å². The van der Waals surface area contributed by atoms with Gasteiger partial charge in [0.1, 0.15) is 5.78 Å². The lowest BCUT2D eigenvalue weighted by Crippen LogP contribution is -2.31. The summed E-state index contributed by atoms with van der Waals surface area (Å²) >= 11 is 0. The molecule has 0 spiro atoms. The van der Waals surface area contributed by atoms with Crippen LogP contribution < -0.4 is 0 Å². The number of carboxylic acid groups (broad SMARTS) is 1. The lowest BCUT2D eigenvalue weighted by molar-refractivity contribution is -0.146. The van der Waals surface area contributed by atoms with Crippen LogP contribution in [0.5, 0.6) is 0 Å². The van der Waals surface area contributed by atoms with Gasteiger partial charge in [0.15, 0.2) is 0 Å². The zero-order chi connectivity index (χ0) is 20.4. The molecule has 156 valence electrons. The molecule has 1 N–H and O–H groups in total. The highest BCUT2D eigenvalue weighted by Crippen LogP contribution is 2.37. The SMILES string of the molecule is CC[C@H](C)CC(F)(F)C(=O)CC[C@H]1CCC(=O)[C@@H]1CCCCCCC(=O)O. The molecule has 0 bridgehead atoms. The van der Waals surface area contributed by atoms with E-state index >= 15 is 0 Å². The molecule has 1 saturated carbocycles. The van der Waals surface area contributed by atoms with Crippen molar-refractivity contribution < 1.29 is 28.3 Å². The molecule has 0 radical (unpaired) electrons. The Balaban J connectivity index is 2.39. The first-order valence-corrected chi connectivity index (χ1v) is 10.3. The van der Waals surface area contributed by atoms with Crippen LogP contribution in [-0.4, -0.2) is 28.6 Å². The third-order valence-corrected chi connectivity index (χ3v) is 5.85. The molecule has 0 aromatic carbocycles. The standard InChI is InChI=1S/C21H34F2O4/c1-3-15(2)14-21(22,23)19(25)13-11-16-10-12-18(24)17(16)8-6-4-5-7-9-20(26)27/h15-17H,3-14H2,1-2H3,(H,26,27)/t15-,16+,17+/m0/s1. The summed E-state index contributed by atoms with van der Waals surface area (Å²) in [5.41, 5.74) is 0. The van der Waals surface area contributed by atoms with Crippen LogP contribution in [0.3, 0.4) is 0 Å². The van der Waals surface area contributed by atoms with Gasteiger partial charge in [0, 0.05) is 31.6 Å². The Morgan fingerprint density at radius 2 is 1.81 bits per heavy atom. The second-order valence-corrected chi connectivity index (χ2v) is 8.10. The van der Waals surface area contributed by atoms with E-state index in [-0.39, 0.29) is 36.4 Å². The summed E-state index contributed by atoms with van der Waals surface area (Å²) in [6.07, 6.45) is 5.64. The molecule has 0 aromatic rings. The molecule has 0 aromatic heterocycles. The van der Waals surface area contributed by atoms with E-state index in [1.54, 1.807) is 6.92 Å². The van der Waals surface area contributed by atoms with Crippen molar-refractivity contribution in [1.29, 1.82) is 0 Å². The van der Waals surface area contributed by atoms with Gasteiger partial charge < -0.3 is 5.11 Å². The molecule has 1 rings (SSSR count). The Kier molecular flexibility index (Phi) is 10.1. The summed E-state index contributed by atoms with van der Waals surface area (Å²) in [4.78, 5) is 34.5. The number of alkyl halides is 2. The Morgan fingerprint density at radius 1 is 1.15 bits per heavy atom. The molecular formula is C21H34F2O4. The van der Waals surface area contributed by atoms with Gasteiger partial charge in [0.25, 0.3) is 0 Å². The average molecular weight is 388 g/mol. The minimum atomic E-state index is -3.27. The first kappa shape index (κ1) is 23.7. The van der Waals surface area contributed by atoms with E-state index < -0.39 is 24.1 Å². The van der Waals surface area contributed by atoms with Crippen molar-refractivity contribution in [3.8, 4) is 0 Å². The van der Waals surface area contributed by atoms with Crippen LogP contribution in [0.25, 0.3) is 0 Å². The maximum Gasteiger partial charge on any atom is 0.305 e. The number of carbonyl (C=O) groups excluding carboxylic acids is 2. The second-order valence-electron chi connectivity index (χ2n) is 8.10. The van der Waals surface area contributed by atoms with Crippen molar-refractivity contribution in [2.75, 3.05) is 0 Å². The largest absolute Gasteiger partial charge is 0.481 e. The molecule has 3 atom stereocenters. The van der Waals surface area contributed by atoms with E-state index in [0.717, 1.165) is 19.3 Å². The van der Waals surface area contributed by atoms with E-state index in [4.69, 9.17) is 5.11 Å². The number of rotatable bonds is 14.